The van der Waals surface area contributed by atoms with Crippen LogP contribution in [0.3, 0.4) is 0 Å². The minimum atomic E-state index is -5.63. The van der Waals surface area contributed by atoms with Crippen LogP contribution in [0.4, 0.5) is 26.1 Å². The molecule has 88 valence electrons. The van der Waals surface area contributed by atoms with Crippen molar-refractivity contribution >= 4 is 12.6 Å². The van der Waals surface area contributed by atoms with Gasteiger partial charge in [-0.15, -0.1) is 5.98 Å². The fraction of sp³-hybridized carbons (Fsp3) is 0.111. The van der Waals surface area contributed by atoms with Gasteiger partial charge in [0.15, 0.2) is 0 Å². The second kappa shape index (κ2) is 4.23. The van der Waals surface area contributed by atoms with Gasteiger partial charge in [0.25, 0.3) is 0 Å². The van der Waals surface area contributed by atoms with Gasteiger partial charge in [-0.1, -0.05) is 30.3 Å². The Bertz CT molecular complexity index is 375. The summed E-state index contributed by atoms with van der Waals surface area (Å²) in [4.78, 5) is 0. The third-order valence-electron chi connectivity index (χ3n) is 1.75. The highest BCUT2D eigenvalue weighted by Crippen LogP contribution is 2.35. The van der Waals surface area contributed by atoms with Crippen molar-refractivity contribution in [2.75, 3.05) is 0 Å². The molecule has 1 aromatic rings. The summed E-state index contributed by atoms with van der Waals surface area (Å²) in [6.45, 7) is -5.63. The number of rotatable bonds is 2. The molecule has 0 nitrogen and oxygen atoms in total. The molecule has 0 heterocycles. The monoisotopic (exact) mass is 239 g/mol. The summed E-state index contributed by atoms with van der Waals surface area (Å²) in [5.74, 6) is -0.671. The van der Waals surface area contributed by atoms with Crippen LogP contribution in [0, 0.1) is 0 Å². The summed E-state index contributed by atoms with van der Waals surface area (Å²) < 4.78 is 73.2. The first kappa shape index (κ1) is 12.7. The number of alkyl halides is 3. The van der Waals surface area contributed by atoms with Gasteiger partial charge in [0, 0.05) is 5.57 Å². The van der Waals surface area contributed by atoms with Crippen LogP contribution in [0.2, 0.25) is 0 Å². The first-order chi connectivity index (χ1) is 7.20. The Hall–Kier alpha value is -1.40. The molecule has 0 N–H and O–H groups in total. The summed E-state index contributed by atoms with van der Waals surface area (Å²) in [6, 6.07) is 5.90. The fourth-order valence-corrected chi connectivity index (χ4v) is 1.16. The Kier molecular flexibility index (Phi) is 3.35. The van der Waals surface area contributed by atoms with Crippen molar-refractivity contribution in [1.29, 1.82) is 0 Å². The molecule has 1 aromatic carbocycles. The Morgan fingerprint density at radius 2 is 1.50 bits per heavy atom. The molecule has 0 atom stereocenters. The molecule has 0 aliphatic rings. The van der Waals surface area contributed by atoms with E-state index >= 15 is 0 Å². The molecule has 7 heteroatoms. The van der Waals surface area contributed by atoms with Crippen LogP contribution in [0.25, 0.3) is 5.57 Å². The van der Waals surface area contributed by atoms with Gasteiger partial charge in [-0.2, -0.15) is 13.2 Å². The van der Waals surface area contributed by atoms with E-state index in [4.69, 9.17) is 0 Å². The molecule has 16 heavy (non-hydrogen) atoms. The summed E-state index contributed by atoms with van der Waals surface area (Å²) in [7, 11) is 0. The SMILES string of the molecule is F[B-](F)(F)/C=C(\c1ccccc1)C(F)(F)F. The highest BCUT2D eigenvalue weighted by atomic mass is 19.4. The standard InChI is InChI=1S/C9H6BF6/c11-9(12,13)8(6-10(14,15)16)7-4-2-1-3-5-7/h1-6H/q-1/b8-6+. The number of halogens is 6. The zero-order valence-corrected chi connectivity index (χ0v) is 7.81. The van der Waals surface area contributed by atoms with Crippen LogP contribution < -0.4 is 0 Å². The van der Waals surface area contributed by atoms with Crippen LogP contribution in [0.5, 0.6) is 0 Å². The predicted molar refractivity (Wildman–Crippen MR) is 49.6 cm³/mol. The van der Waals surface area contributed by atoms with E-state index in [1.807, 2.05) is 0 Å². The molecule has 1 rings (SSSR count). The van der Waals surface area contributed by atoms with Crippen LogP contribution in [-0.4, -0.2) is 13.2 Å². The molecule has 0 saturated carbocycles. The maximum absolute atomic E-state index is 12.4. The maximum atomic E-state index is 12.4. The molecule has 0 bridgehead atoms. The van der Waals surface area contributed by atoms with Crippen molar-refractivity contribution < 1.29 is 26.1 Å². The maximum Gasteiger partial charge on any atom is 0.503 e. The van der Waals surface area contributed by atoms with Crippen LogP contribution in [0.15, 0.2) is 36.3 Å². The van der Waals surface area contributed by atoms with Crippen molar-refractivity contribution in [2.24, 2.45) is 0 Å². The van der Waals surface area contributed by atoms with Gasteiger partial charge < -0.3 is 12.9 Å². The fourth-order valence-electron chi connectivity index (χ4n) is 1.16. The summed E-state index contributed by atoms with van der Waals surface area (Å²) in [5, 5.41) is 0. The lowest BCUT2D eigenvalue weighted by atomic mass is 9.86. The number of hydrogen-bond donors (Lipinski definition) is 0. The minimum absolute atomic E-state index is 0.491. The van der Waals surface area contributed by atoms with Crippen LogP contribution in [0.1, 0.15) is 5.56 Å². The van der Waals surface area contributed by atoms with Gasteiger partial charge >= 0.3 is 13.2 Å². The summed E-state index contributed by atoms with van der Waals surface area (Å²) in [5.41, 5.74) is -2.16. The molecule has 0 spiro atoms. The highest BCUT2D eigenvalue weighted by molar-refractivity contribution is 6.65. The smallest absolute Gasteiger partial charge is 0.445 e. The molecule has 0 aliphatic heterocycles. The van der Waals surface area contributed by atoms with E-state index in [9.17, 15) is 26.1 Å². The summed E-state index contributed by atoms with van der Waals surface area (Å²) in [6.07, 6.45) is -5.02. The number of allylic oxidation sites excluding steroid dienone is 1. The largest absolute Gasteiger partial charge is 0.503 e. The van der Waals surface area contributed by atoms with Crippen LogP contribution >= 0.6 is 0 Å². The number of hydrogen-bond acceptors (Lipinski definition) is 0. The van der Waals surface area contributed by atoms with E-state index in [1.54, 1.807) is 0 Å². The van der Waals surface area contributed by atoms with Crippen molar-refractivity contribution in [2.45, 2.75) is 6.18 Å². The molecular formula is C9H6BF6-. The van der Waals surface area contributed by atoms with E-state index in [0.29, 0.717) is 0 Å². The Balaban J connectivity index is 3.24. The van der Waals surface area contributed by atoms with Gasteiger partial charge in [0.2, 0.25) is 0 Å². The molecule has 0 fully saturated rings. The minimum Gasteiger partial charge on any atom is -0.445 e. The molecule has 0 unspecified atom stereocenters. The molecule has 0 amide bonds. The molecule has 0 radical (unpaired) electrons. The second-order valence-corrected chi connectivity index (χ2v) is 3.07. The second-order valence-electron chi connectivity index (χ2n) is 3.07. The highest BCUT2D eigenvalue weighted by Gasteiger charge is 2.36. The van der Waals surface area contributed by atoms with E-state index in [0.717, 1.165) is 12.1 Å². The van der Waals surface area contributed by atoms with Gasteiger partial charge in [0.1, 0.15) is 0 Å². The molecule has 0 aromatic heterocycles. The van der Waals surface area contributed by atoms with Crippen molar-refractivity contribution in [1.82, 2.24) is 0 Å². The number of benzene rings is 1. The van der Waals surface area contributed by atoms with E-state index < -0.39 is 30.3 Å². The van der Waals surface area contributed by atoms with Gasteiger partial charge in [0.05, 0.1) is 0 Å². The zero-order valence-electron chi connectivity index (χ0n) is 7.81. The Labute approximate surface area is 87.6 Å². The van der Waals surface area contributed by atoms with E-state index in [-0.39, 0.29) is 0 Å². The van der Waals surface area contributed by atoms with Crippen molar-refractivity contribution in [3.63, 3.8) is 0 Å². The van der Waals surface area contributed by atoms with Gasteiger partial charge in [-0.3, -0.25) is 0 Å². The molecular weight excluding hydrogens is 233 g/mol. The molecule has 0 aliphatic carbocycles. The van der Waals surface area contributed by atoms with Crippen molar-refractivity contribution in [3.05, 3.63) is 41.9 Å². The van der Waals surface area contributed by atoms with E-state index in [1.165, 1.54) is 18.2 Å². The first-order valence-electron chi connectivity index (χ1n) is 4.25. The van der Waals surface area contributed by atoms with Crippen molar-refractivity contribution in [3.8, 4) is 0 Å². The molecule has 0 saturated heterocycles. The third-order valence-corrected chi connectivity index (χ3v) is 1.75. The van der Waals surface area contributed by atoms with E-state index in [2.05, 4.69) is 0 Å². The lowest BCUT2D eigenvalue weighted by molar-refractivity contribution is -0.0689. The summed E-state index contributed by atoms with van der Waals surface area (Å²) >= 11 is 0. The van der Waals surface area contributed by atoms with Crippen LogP contribution in [-0.2, 0) is 0 Å². The Morgan fingerprint density at radius 1 is 1.00 bits per heavy atom. The zero-order chi connectivity index (χ0) is 12.4. The topological polar surface area (TPSA) is 0 Å². The lowest BCUT2D eigenvalue weighted by Crippen LogP contribution is -2.18. The Morgan fingerprint density at radius 3 is 1.88 bits per heavy atom. The lowest BCUT2D eigenvalue weighted by Gasteiger charge is -2.16. The first-order valence-corrected chi connectivity index (χ1v) is 4.25. The normalized spacial score (nSPS) is 14.0. The predicted octanol–water partition coefficient (Wildman–Crippen LogP) is 4.02. The van der Waals surface area contributed by atoms with Gasteiger partial charge in [-0.25, -0.2) is 0 Å². The van der Waals surface area contributed by atoms with Gasteiger partial charge in [-0.05, 0) is 5.56 Å². The quantitative estimate of drug-likeness (QED) is 0.540. The average molecular weight is 239 g/mol. The average Bonchev–Trinajstić information content (AvgIpc) is 2.13. The third kappa shape index (κ3) is 3.64.